The molecule has 0 spiro atoms. The monoisotopic (exact) mass is 232 g/mol. The van der Waals surface area contributed by atoms with E-state index >= 15 is 0 Å². The van der Waals surface area contributed by atoms with Gasteiger partial charge in [-0.1, -0.05) is 18.2 Å². The van der Waals surface area contributed by atoms with E-state index < -0.39 is 0 Å². The Morgan fingerprint density at radius 3 is 2.53 bits per heavy atom. The lowest BCUT2D eigenvalue weighted by Gasteiger charge is -2.27. The first-order chi connectivity index (χ1) is 8.14. The minimum atomic E-state index is -0.266. The third-order valence-corrected chi connectivity index (χ3v) is 3.67. The number of hydrogen-bond acceptors (Lipinski definition) is 2. The predicted octanol–water partition coefficient (Wildman–Crippen LogP) is 2.09. The summed E-state index contributed by atoms with van der Waals surface area (Å²) in [7, 11) is 0. The molecule has 0 bridgehead atoms. The van der Waals surface area contributed by atoms with Gasteiger partial charge in [0.2, 0.25) is 5.91 Å². The van der Waals surface area contributed by atoms with Crippen LogP contribution in [0.5, 0.6) is 0 Å². The molecule has 1 fully saturated rings. The number of rotatable bonds is 4. The first-order valence-electron chi connectivity index (χ1n) is 6.22. The molecule has 1 amide bonds. The van der Waals surface area contributed by atoms with Gasteiger partial charge < -0.3 is 10.6 Å². The summed E-state index contributed by atoms with van der Waals surface area (Å²) in [5, 5.41) is 0. The quantitative estimate of drug-likeness (QED) is 0.864. The Kier molecular flexibility index (Phi) is 3.20. The maximum Gasteiger partial charge on any atom is 0.234 e. The first-order valence-corrected chi connectivity index (χ1v) is 6.22. The third kappa shape index (κ3) is 2.07. The van der Waals surface area contributed by atoms with Crippen LogP contribution in [0.25, 0.3) is 0 Å². The second-order valence-electron chi connectivity index (χ2n) is 4.82. The van der Waals surface area contributed by atoms with Crippen LogP contribution in [0.3, 0.4) is 0 Å². The van der Waals surface area contributed by atoms with Gasteiger partial charge in [-0.15, -0.1) is 0 Å². The Morgan fingerprint density at radius 2 is 2.06 bits per heavy atom. The zero-order valence-corrected chi connectivity index (χ0v) is 10.6. The van der Waals surface area contributed by atoms with Gasteiger partial charge in [0.25, 0.3) is 0 Å². The van der Waals surface area contributed by atoms with Crippen molar-refractivity contribution >= 4 is 11.6 Å². The molecule has 17 heavy (non-hydrogen) atoms. The van der Waals surface area contributed by atoms with E-state index in [-0.39, 0.29) is 11.3 Å². The Morgan fingerprint density at radius 1 is 1.41 bits per heavy atom. The van der Waals surface area contributed by atoms with Gasteiger partial charge in [0.05, 0.1) is 5.41 Å². The highest BCUT2D eigenvalue weighted by Gasteiger charge is 2.50. The normalized spacial score (nSPS) is 16.6. The number of benzene rings is 1. The van der Waals surface area contributed by atoms with Crippen molar-refractivity contribution in [2.45, 2.75) is 26.7 Å². The molecule has 0 radical (unpaired) electrons. The summed E-state index contributed by atoms with van der Waals surface area (Å²) >= 11 is 0. The summed E-state index contributed by atoms with van der Waals surface area (Å²) in [5.41, 5.74) is 7.61. The Balaban J connectivity index is 2.29. The van der Waals surface area contributed by atoms with Crippen LogP contribution in [0.2, 0.25) is 0 Å². The van der Waals surface area contributed by atoms with Gasteiger partial charge in [0.15, 0.2) is 0 Å². The van der Waals surface area contributed by atoms with Crippen molar-refractivity contribution in [2.24, 2.45) is 11.1 Å². The lowest BCUT2D eigenvalue weighted by atomic mass is 10.0. The molecule has 0 aliphatic heterocycles. The summed E-state index contributed by atoms with van der Waals surface area (Å²) in [6, 6.07) is 8.00. The maximum atomic E-state index is 12.5. The average Bonchev–Trinajstić information content (AvgIpc) is 3.13. The van der Waals surface area contributed by atoms with Gasteiger partial charge in [-0.25, -0.2) is 0 Å². The zero-order valence-electron chi connectivity index (χ0n) is 10.6. The highest BCUT2D eigenvalue weighted by Crippen LogP contribution is 2.46. The summed E-state index contributed by atoms with van der Waals surface area (Å²) < 4.78 is 0. The molecule has 0 heterocycles. The number of carbonyl (C=O) groups is 1. The Bertz CT molecular complexity index is 424. The predicted molar refractivity (Wildman–Crippen MR) is 69.9 cm³/mol. The zero-order chi connectivity index (χ0) is 12.5. The SMILES string of the molecule is CCN(C(=O)C1(CN)CC1)c1ccccc1C. The topological polar surface area (TPSA) is 46.3 Å². The van der Waals surface area contributed by atoms with Crippen LogP contribution in [-0.2, 0) is 4.79 Å². The van der Waals surface area contributed by atoms with Crippen molar-refractivity contribution < 1.29 is 4.79 Å². The molecule has 1 saturated carbocycles. The molecule has 2 rings (SSSR count). The number of amides is 1. The molecule has 0 atom stereocenters. The van der Waals surface area contributed by atoms with E-state index in [4.69, 9.17) is 5.73 Å². The average molecular weight is 232 g/mol. The van der Waals surface area contributed by atoms with Gasteiger partial charge in [-0.2, -0.15) is 0 Å². The number of carbonyl (C=O) groups excluding carboxylic acids is 1. The Labute approximate surface area is 103 Å². The molecule has 0 saturated heterocycles. The van der Waals surface area contributed by atoms with Crippen molar-refractivity contribution in [1.29, 1.82) is 0 Å². The highest BCUT2D eigenvalue weighted by atomic mass is 16.2. The fraction of sp³-hybridized carbons (Fsp3) is 0.500. The number of nitrogens with zero attached hydrogens (tertiary/aromatic N) is 1. The second-order valence-corrected chi connectivity index (χ2v) is 4.82. The summed E-state index contributed by atoms with van der Waals surface area (Å²) in [4.78, 5) is 14.4. The van der Waals surface area contributed by atoms with E-state index in [9.17, 15) is 4.79 Å². The van der Waals surface area contributed by atoms with Gasteiger partial charge >= 0.3 is 0 Å². The molecule has 1 aromatic rings. The number of para-hydroxylation sites is 1. The molecule has 2 N–H and O–H groups in total. The fourth-order valence-corrected chi connectivity index (χ4v) is 2.23. The molecule has 3 heteroatoms. The highest BCUT2D eigenvalue weighted by molar-refractivity contribution is 6.00. The van der Waals surface area contributed by atoms with Crippen LogP contribution in [0.15, 0.2) is 24.3 Å². The molecule has 1 aromatic carbocycles. The van der Waals surface area contributed by atoms with E-state index in [0.29, 0.717) is 13.1 Å². The van der Waals surface area contributed by atoms with Crippen LogP contribution >= 0.6 is 0 Å². The molecular weight excluding hydrogens is 212 g/mol. The smallest absolute Gasteiger partial charge is 0.234 e. The van der Waals surface area contributed by atoms with Gasteiger partial charge in [0, 0.05) is 18.8 Å². The van der Waals surface area contributed by atoms with Crippen molar-refractivity contribution in [3.8, 4) is 0 Å². The van der Waals surface area contributed by atoms with Gasteiger partial charge in [-0.3, -0.25) is 4.79 Å². The van der Waals surface area contributed by atoms with Crippen LogP contribution in [0, 0.1) is 12.3 Å². The molecule has 0 aromatic heterocycles. The van der Waals surface area contributed by atoms with Crippen molar-refractivity contribution in [2.75, 3.05) is 18.0 Å². The van der Waals surface area contributed by atoms with E-state index in [2.05, 4.69) is 0 Å². The largest absolute Gasteiger partial charge is 0.329 e. The van der Waals surface area contributed by atoms with E-state index in [1.807, 2.05) is 43.0 Å². The number of aryl methyl sites for hydroxylation is 1. The van der Waals surface area contributed by atoms with Gasteiger partial charge in [-0.05, 0) is 38.3 Å². The first kappa shape index (κ1) is 12.1. The number of hydrogen-bond donors (Lipinski definition) is 1. The van der Waals surface area contributed by atoms with E-state index in [1.165, 1.54) is 0 Å². The summed E-state index contributed by atoms with van der Waals surface area (Å²) in [6.45, 7) is 5.21. The van der Waals surface area contributed by atoms with Crippen LogP contribution < -0.4 is 10.6 Å². The maximum absolute atomic E-state index is 12.5. The Hall–Kier alpha value is -1.35. The van der Waals surface area contributed by atoms with E-state index in [0.717, 1.165) is 24.1 Å². The minimum absolute atomic E-state index is 0.191. The van der Waals surface area contributed by atoms with Crippen molar-refractivity contribution in [1.82, 2.24) is 0 Å². The van der Waals surface area contributed by atoms with Crippen LogP contribution in [0.1, 0.15) is 25.3 Å². The van der Waals surface area contributed by atoms with Crippen molar-refractivity contribution in [3.05, 3.63) is 29.8 Å². The number of nitrogens with two attached hydrogens (primary N) is 1. The molecule has 92 valence electrons. The molecule has 3 nitrogen and oxygen atoms in total. The summed E-state index contributed by atoms with van der Waals surface area (Å²) in [6.07, 6.45) is 1.87. The minimum Gasteiger partial charge on any atom is -0.329 e. The fourth-order valence-electron chi connectivity index (χ4n) is 2.23. The lowest BCUT2D eigenvalue weighted by molar-refractivity contribution is -0.123. The van der Waals surface area contributed by atoms with Gasteiger partial charge in [0.1, 0.15) is 0 Å². The molecule has 1 aliphatic rings. The molecular formula is C14H20N2O. The summed E-state index contributed by atoms with van der Waals surface area (Å²) in [5.74, 6) is 0.191. The lowest BCUT2D eigenvalue weighted by Crippen LogP contribution is -2.40. The number of anilines is 1. The van der Waals surface area contributed by atoms with Crippen molar-refractivity contribution in [3.63, 3.8) is 0 Å². The third-order valence-electron chi connectivity index (χ3n) is 3.67. The van der Waals surface area contributed by atoms with E-state index in [1.54, 1.807) is 0 Å². The molecule has 1 aliphatic carbocycles. The van der Waals surface area contributed by atoms with Crippen LogP contribution in [0.4, 0.5) is 5.69 Å². The second kappa shape index (κ2) is 4.49. The van der Waals surface area contributed by atoms with Crippen LogP contribution in [-0.4, -0.2) is 19.0 Å². The molecule has 0 unspecified atom stereocenters. The standard InChI is InChI=1S/C14H20N2O/c1-3-16(12-7-5-4-6-11(12)2)13(17)14(10-15)8-9-14/h4-7H,3,8-10,15H2,1-2H3.